The van der Waals surface area contributed by atoms with Gasteiger partial charge in [0.1, 0.15) is 5.75 Å². The number of ether oxygens (including phenoxy) is 2. The zero-order valence-corrected chi connectivity index (χ0v) is 21.0. The van der Waals surface area contributed by atoms with E-state index in [1.54, 1.807) is 48.5 Å². The fraction of sp³-hybridized carbons (Fsp3) is 0.464. The standard InChI is InChI=1S/C28H35N3O5/c1-19-7-5-8-20(2)31(19)26(32)18-36-22-14-12-21(13-15-22)27(33)30-25-11-4-3-10-24(25)28(34)29-17-23-9-6-16-35-23/h3-4,10-15,19-20,23H,5-9,16-18H2,1-2H3,(H,29,34)(H,30,33). The Kier molecular flexibility index (Phi) is 8.59. The Morgan fingerprint density at radius 2 is 1.67 bits per heavy atom. The first kappa shape index (κ1) is 25.7. The van der Waals surface area contributed by atoms with E-state index in [9.17, 15) is 14.4 Å². The molecule has 192 valence electrons. The van der Waals surface area contributed by atoms with E-state index in [4.69, 9.17) is 9.47 Å². The molecule has 0 aliphatic carbocycles. The van der Waals surface area contributed by atoms with Crippen LogP contribution < -0.4 is 15.4 Å². The summed E-state index contributed by atoms with van der Waals surface area (Å²) in [5, 5.41) is 5.72. The van der Waals surface area contributed by atoms with Crippen molar-refractivity contribution in [3.8, 4) is 5.75 Å². The molecular formula is C28H35N3O5. The van der Waals surface area contributed by atoms with Crippen molar-refractivity contribution in [1.29, 1.82) is 0 Å². The number of rotatable bonds is 8. The molecule has 2 fully saturated rings. The second-order valence-corrected chi connectivity index (χ2v) is 9.59. The van der Waals surface area contributed by atoms with Crippen molar-refractivity contribution >= 4 is 23.4 Å². The molecular weight excluding hydrogens is 458 g/mol. The summed E-state index contributed by atoms with van der Waals surface area (Å²) in [6.07, 6.45) is 5.14. The van der Waals surface area contributed by atoms with Crippen LogP contribution in [0.25, 0.3) is 0 Å². The van der Waals surface area contributed by atoms with Crippen LogP contribution in [0.1, 0.15) is 66.7 Å². The second kappa shape index (κ2) is 12.0. The Bertz CT molecular complexity index is 1060. The highest BCUT2D eigenvalue weighted by atomic mass is 16.5. The van der Waals surface area contributed by atoms with Crippen molar-refractivity contribution in [2.24, 2.45) is 0 Å². The van der Waals surface area contributed by atoms with Crippen molar-refractivity contribution in [2.45, 2.75) is 64.1 Å². The molecule has 2 aromatic rings. The van der Waals surface area contributed by atoms with E-state index < -0.39 is 0 Å². The summed E-state index contributed by atoms with van der Waals surface area (Å²) in [7, 11) is 0. The fourth-order valence-corrected chi connectivity index (χ4v) is 4.93. The Morgan fingerprint density at radius 3 is 2.36 bits per heavy atom. The minimum atomic E-state index is -0.340. The molecule has 0 aromatic heterocycles. The molecule has 2 aliphatic heterocycles. The maximum absolute atomic E-state index is 12.8. The second-order valence-electron chi connectivity index (χ2n) is 9.59. The van der Waals surface area contributed by atoms with Crippen LogP contribution >= 0.6 is 0 Å². The minimum Gasteiger partial charge on any atom is -0.484 e. The monoisotopic (exact) mass is 493 g/mol. The largest absolute Gasteiger partial charge is 0.484 e. The summed E-state index contributed by atoms with van der Waals surface area (Å²) in [4.78, 5) is 40.1. The van der Waals surface area contributed by atoms with Crippen molar-refractivity contribution < 1.29 is 23.9 Å². The summed E-state index contributed by atoms with van der Waals surface area (Å²) >= 11 is 0. The van der Waals surface area contributed by atoms with Crippen molar-refractivity contribution in [1.82, 2.24) is 10.2 Å². The average Bonchev–Trinajstić information content (AvgIpc) is 3.40. The van der Waals surface area contributed by atoms with Gasteiger partial charge in [0, 0.05) is 30.8 Å². The van der Waals surface area contributed by atoms with Gasteiger partial charge in [0.2, 0.25) is 0 Å². The lowest BCUT2D eigenvalue weighted by Gasteiger charge is -2.38. The Labute approximate surface area is 212 Å². The van der Waals surface area contributed by atoms with Crippen LogP contribution in [0.4, 0.5) is 5.69 Å². The van der Waals surface area contributed by atoms with Crippen molar-refractivity contribution in [2.75, 3.05) is 25.1 Å². The van der Waals surface area contributed by atoms with E-state index in [1.807, 2.05) is 4.90 Å². The van der Waals surface area contributed by atoms with Gasteiger partial charge in [-0.2, -0.15) is 0 Å². The van der Waals surface area contributed by atoms with E-state index in [-0.39, 0.29) is 42.5 Å². The minimum absolute atomic E-state index is 0.0223. The van der Waals surface area contributed by atoms with Gasteiger partial charge in [0.05, 0.1) is 17.4 Å². The lowest BCUT2D eigenvalue weighted by molar-refractivity contribution is -0.139. The predicted octanol–water partition coefficient (Wildman–Crippen LogP) is 4.02. The zero-order valence-electron chi connectivity index (χ0n) is 21.0. The van der Waals surface area contributed by atoms with Gasteiger partial charge in [-0.25, -0.2) is 0 Å². The van der Waals surface area contributed by atoms with Gasteiger partial charge in [-0.3, -0.25) is 14.4 Å². The summed E-state index contributed by atoms with van der Waals surface area (Å²) in [5.41, 5.74) is 1.24. The van der Waals surface area contributed by atoms with E-state index in [0.29, 0.717) is 29.1 Å². The third-order valence-electron chi connectivity index (χ3n) is 6.89. The van der Waals surface area contributed by atoms with Gasteiger partial charge in [-0.05, 0) is 82.3 Å². The SMILES string of the molecule is CC1CCCC(C)N1C(=O)COc1ccc(C(=O)Nc2ccccc2C(=O)NCC2CCCO2)cc1. The molecule has 2 heterocycles. The lowest BCUT2D eigenvalue weighted by atomic mass is 9.97. The molecule has 0 radical (unpaired) electrons. The maximum Gasteiger partial charge on any atom is 0.260 e. The molecule has 3 unspecified atom stereocenters. The van der Waals surface area contributed by atoms with Crippen molar-refractivity contribution in [3.05, 3.63) is 59.7 Å². The lowest BCUT2D eigenvalue weighted by Crippen LogP contribution is -2.49. The first-order valence-electron chi connectivity index (χ1n) is 12.8. The number of piperidine rings is 1. The van der Waals surface area contributed by atoms with E-state index in [1.165, 1.54) is 0 Å². The molecule has 3 amide bonds. The fourth-order valence-electron chi connectivity index (χ4n) is 4.93. The van der Waals surface area contributed by atoms with Crippen LogP contribution in [-0.2, 0) is 9.53 Å². The van der Waals surface area contributed by atoms with Gasteiger partial charge in [-0.1, -0.05) is 12.1 Å². The van der Waals surface area contributed by atoms with E-state index in [2.05, 4.69) is 24.5 Å². The normalized spacial score (nSPS) is 21.6. The highest BCUT2D eigenvalue weighted by Gasteiger charge is 2.29. The number of hydrogen-bond donors (Lipinski definition) is 2. The molecule has 36 heavy (non-hydrogen) atoms. The maximum atomic E-state index is 12.8. The smallest absolute Gasteiger partial charge is 0.260 e. The molecule has 2 aromatic carbocycles. The summed E-state index contributed by atoms with van der Waals surface area (Å²) in [5.74, 6) is -0.0999. The number of anilines is 1. The van der Waals surface area contributed by atoms with Crippen molar-refractivity contribution in [3.63, 3.8) is 0 Å². The van der Waals surface area contributed by atoms with Gasteiger partial charge in [-0.15, -0.1) is 0 Å². The molecule has 2 saturated heterocycles. The topological polar surface area (TPSA) is 97.0 Å². The molecule has 0 saturated carbocycles. The summed E-state index contributed by atoms with van der Waals surface area (Å²) in [6.45, 7) is 5.29. The average molecular weight is 494 g/mol. The quantitative estimate of drug-likeness (QED) is 0.579. The van der Waals surface area contributed by atoms with Gasteiger partial charge < -0.3 is 25.0 Å². The Hall–Kier alpha value is -3.39. The molecule has 8 heteroatoms. The van der Waals surface area contributed by atoms with Crippen LogP contribution in [-0.4, -0.2) is 60.6 Å². The van der Waals surface area contributed by atoms with Gasteiger partial charge >= 0.3 is 0 Å². The van der Waals surface area contributed by atoms with Crippen LogP contribution in [0, 0.1) is 0 Å². The molecule has 2 N–H and O–H groups in total. The van der Waals surface area contributed by atoms with Crippen LogP contribution in [0.15, 0.2) is 48.5 Å². The zero-order chi connectivity index (χ0) is 25.5. The molecule has 0 spiro atoms. The number of benzene rings is 2. The van der Waals surface area contributed by atoms with E-state index in [0.717, 1.165) is 38.7 Å². The molecule has 3 atom stereocenters. The number of nitrogens with zero attached hydrogens (tertiary/aromatic N) is 1. The number of likely N-dealkylation sites (tertiary alicyclic amines) is 1. The number of carbonyl (C=O) groups excluding carboxylic acids is 3. The highest BCUT2D eigenvalue weighted by Crippen LogP contribution is 2.23. The number of hydrogen-bond acceptors (Lipinski definition) is 5. The number of carbonyl (C=O) groups is 3. The summed E-state index contributed by atoms with van der Waals surface area (Å²) < 4.78 is 11.3. The molecule has 4 rings (SSSR count). The van der Waals surface area contributed by atoms with E-state index >= 15 is 0 Å². The van der Waals surface area contributed by atoms with Crippen LogP contribution in [0.3, 0.4) is 0 Å². The number of amides is 3. The Morgan fingerprint density at radius 1 is 0.944 bits per heavy atom. The number of para-hydroxylation sites is 1. The number of nitrogens with one attached hydrogen (secondary N) is 2. The van der Waals surface area contributed by atoms with Gasteiger partial charge in [0.25, 0.3) is 17.7 Å². The first-order chi connectivity index (χ1) is 17.4. The Balaban J connectivity index is 1.32. The molecule has 8 nitrogen and oxygen atoms in total. The van der Waals surface area contributed by atoms with Crippen LogP contribution in [0.5, 0.6) is 5.75 Å². The highest BCUT2D eigenvalue weighted by molar-refractivity contribution is 6.09. The third kappa shape index (κ3) is 6.43. The molecule has 2 aliphatic rings. The third-order valence-corrected chi connectivity index (χ3v) is 6.89. The predicted molar refractivity (Wildman–Crippen MR) is 137 cm³/mol. The van der Waals surface area contributed by atoms with Crippen LogP contribution in [0.2, 0.25) is 0 Å². The first-order valence-corrected chi connectivity index (χ1v) is 12.8. The summed E-state index contributed by atoms with van der Waals surface area (Å²) in [6, 6.07) is 14.0. The van der Waals surface area contributed by atoms with Gasteiger partial charge in [0.15, 0.2) is 6.61 Å². The molecule has 0 bridgehead atoms.